The number of hydrogen-bond donors (Lipinski definition) is 1. The van der Waals surface area contributed by atoms with E-state index >= 15 is 0 Å². The minimum absolute atomic E-state index is 0.0438. The minimum Gasteiger partial charge on any atom is -0.495 e. The number of morpholine rings is 1. The number of ether oxygens (including phenoxy) is 2. The Labute approximate surface area is 229 Å². The highest BCUT2D eigenvalue weighted by Gasteiger charge is 2.30. The molecule has 0 saturated carbocycles. The number of hydrogen-bond acceptors (Lipinski definition) is 8. The van der Waals surface area contributed by atoms with E-state index in [9.17, 15) is 10.1 Å². The summed E-state index contributed by atoms with van der Waals surface area (Å²) < 4.78 is 11.2. The molecule has 2 fully saturated rings. The van der Waals surface area contributed by atoms with Gasteiger partial charge in [0, 0.05) is 43.5 Å². The number of nitrogens with one attached hydrogen (secondary N) is 1. The topological polar surface area (TPSA) is 104 Å². The molecule has 3 heterocycles. The van der Waals surface area contributed by atoms with Crippen LogP contribution in [0, 0.1) is 31.1 Å². The largest absolute Gasteiger partial charge is 0.495 e. The Kier molecular flexibility index (Phi) is 7.84. The predicted octanol–water partition coefficient (Wildman–Crippen LogP) is 4.38. The van der Waals surface area contributed by atoms with Crippen LogP contribution in [0.15, 0.2) is 30.3 Å². The summed E-state index contributed by atoms with van der Waals surface area (Å²) in [7, 11) is 1.68. The van der Waals surface area contributed by atoms with Gasteiger partial charge in [-0.15, -0.1) is 0 Å². The molecule has 3 aromatic rings. The van der Waals surface area contributed by atoms with E-state index in [2.05, 4.69) is 29.3 Å². The lowest BCUT2D eigenvalue weighted by atomic mass is 9.94. The molecule has 2 aliphatic rings. The number of methoxy groups -OCH3 is 1. The van der Waals surface area contributed by atoms with E-state index in [0.717, 1.165) is 65.2 Å². The zero-order valence-corrected chi connectivity index (χ0v) is 23.2. The second-order valence-corrected chi connectivity index (χ2v) is 10.4. The predicted molar refractivity (Wildman–Crippen MR) is 151 cm³/mol. The SMILES string of the molecule is COc1cc2nc(C)nc(N[C@H](C)c3cccc(C#N)c3C)c2cc1N1CCC(C(=O)N2CCOCC2)CC1. The lowest BCUT2D eigenvalue weighted by Crippen LogP contribution is -2.46. The van der Waals surface area contributed by atoms with Gasteiger partial charge in [-0.3, -0.25) is 4.79 Å². The quantitative estimate of drug-likeness (QED) is 0.503. The van der Waals surface area contributed by atoms with E-state index in [0.29, 0.717) is 37.7 Å². The van der Waals surface area contributed by atoms with Crippen LogP contribution in [0.1, 0.15) is 48.3 Å². The summed E-state index contributed by atoms with van der Waals surface area (Å²) in [6, 6.07) is 12.1. The van der Waals surface area contributed by atoms with Crippen molar-refractivity contribution in [1.29, 1.82) is 5.26 Å². The molecule has 1 N–H and O–H groups in total. The Morgan fingerprint density at radius 1 is 1.15 bits per heavy atom. The van der Waals surface area contributed by atoms with Gasteiger partial charge < -0.3 is 24.6 Å². The number of carbonyl (C=O) groups is 1. The molecule has 0 unspecified atom stereocenters. The first-order valence-corrected chi connectivity index (χ1v) is 13.6. The molecule has 5 rings (SSSR count). The smallest absolute Gasteiger partial charge is 0.225 e. The maximum atomic E-state index is 13.0. The average molecular weight is 529 g/mol. The molecule has 0 spiro atoms. The number of carbonyl (C=O) groups excluding carboxylic acids is 1. The van der Waals surface area contributed by atoms with E-state index in [1.165, 1.54) is 0 Å². The number of piperidine rings is 1. The van der Waals surface area contributed by atoms with Gasteiger partial charge in [-0.25, -0.2) is 9.97 Å². The second-order valence-electron chi connectivity index (χ2n) is 10.4. The maximum Gasteiger partial charge on any atom is 0.225 e. The molecule has 2 aromatic carbocycles. The molecule has 9 heteroatoms. The fraction of sp³-hybridized carbons (Fsp3) is 0.467. The van der Waals surface area contributed by atoms with Gasteiger partial charge in [-0.1, -0.05) is 12.1 Å². The Morgan fingerprint density at radius 2 is 1.90 bits per heavy atom. The van der Waals surface area contributed by atoms with Crippen LogP contribution in [-0.2, 0) is 9.53 Å². The van der Waals surface area contributed by atoms with Crippen LogP contribution in [-0.4, -0.2) is 67.3 Å². The van der Waals surface area contributed by atoms with Gasteiger partial charge >= 0.3 is 0 Å². The highest BCUT2D eigenvalue weighted by atomic mass is 16.5. The van der Waals surface area contributed by atoms with Gasteiger partial charge in [0.25, 0.3) is 0 Å². The third kappa shape index (κ3) is 5.48. The summed E-state index contributed by atoms with van der Waals surface area (Å²) in [5, 5.41) is 14.0. The van der Waals surface area contributed by atoms with Crippen molar-refractivity contribution >= 4 is 28.3 Å². The highest BCUT2D eigenvalue weighted by Crippen LogP contribution is 2.38. The van der Waals surface area contributed by atoms with Crippen LogP contribution in [0.5, 0.6) is 5.75 Å². The average Bonchev–Trinajstić information content (AvgIpc) is 2.96. The first-order chi connectivity index (χ1) is 18.9. The molecule has 1 aromatic heterocycles. The summed E-state index contributed by atoms with van der Waals surface area (Å²) in [6.07, 6.45) is 1.61. The van der Waals surface area contributed by atoms with Gasteiger partial charge in [-0.2, -0.15) is 5.26 Å². The molecule has 0 aliphatic carbocycles. The Morgan fingerprint density at radius 3 is 2.59 bits per heavy atom. The van der Waals surface area contributed by atoms with Crippen molar-refractivity contribution in [3.8, 4) is 11.8 Å². The monoisotopic (exact) mass is 528 g/mol. The molecule has 9 nitrogen and oxygen atoms in total. The third-order valence-corrected chi connectivity index (χ3v) is 7.93. The normalized spacial score (nSPS) is 17.1. The van der Waals surface area contributed by atoms with Crippen LogP contribution in [0.3, 0.4) is 0 Å². The first-order valence-electron chi connectivity index (χ1n) is 13.6. The van der Waals surface area contributed by atoms with Gasteiger partial charge in [0.2, 0.25) is 5.91 Å². The summed E-state index contributed by atoms with van der Waals surface area (Å²) in [4.78, 5) is 26.7. The molecule has 204 valence electrons. The molecule has 0 bridgehead atoms. The van der Waals surface area contributed by atoms with Gasteiger partial charge in [0.1, 0.15) is 17.4 Å². The highest BCUT2D eigenvalue weighted by molar-refractivity contribution is 5.94. The molecular weight excluding hydrogens is 492 g/mol. The van der Waals surface area contributed by atoms with Crippen molar-refractivity contribution in [2.75, 3.05) is 56.7 Å². The first kappa shape index (κ1) is 26.7. The number of nitriles is 1. The van der Waals surface area contributed by atoms with Crippen molar-refractivity contribution in [3.63, 3.8) is 0 Å². The van der Waals surface area contributed by atoms with E-state index < -0.39 is 0 Å². The molecule has 2 aliphatic heterocycles. The van der Waals surface area contributed by atoms with E-state index in [-0.39, 0.29) is 17.9 Å². The number of amides is 1. The van der Waals surface area contributed by atoms with Crippen LogP contribution < -0.4 is 15.0 Å². The number of benzene rings is 2. The number of aromatic nitrogens is 2. The van der Waals surface area contributed by atoms with Crippen molar-refractivity contribution in [2.24, 2.45) is 5.92 Å². The molecular formula is C30H36N6O3. The molecule has 39 heavy (non-hydrogen) atoms. The van der Waals surface area contributed by atoms with E-state index in [1.54, 1.807) is 7.11 Å². The van der Waals surface area contributed by atoms with Crippen molar-refractivity contribution in [1.82, 2.24) is 14.9 Å². The number of fused-ring (bicyclic) bond motifs is 1. The fourth-order valence-corrected chi connectivity index (χ4v) is 5.72. The third-order valence-electron chi connectivity index (χ3n) is 7.93. The zero-order chi connectivity index (χ0) is 27.5. The summed E-state index contributed by atoms with van der Waals surface area (Å²) in [6.45, 7) is 10.1. The number of rotatable bonds is 6. The Hall–Kier alpha value is -3.90. The second kappa shape index (κ2) is 11.5. The lowest BCUT2D eigenvalue weighted by Gasteiger charge is -2.37. The maximum absolute atomic E-state index is 13.0. The fourth-order valence-electron chi connectivity index (χ4n) is 5.72. The molecule has 2 saturated heterocycles. The molecule has 1 amide bonds. The van der Waals surface area contributed by atoms with Crippen LogP contribution in [0.4, 0.5) is 11.5 Å². The Balaban J connectivity index is 1.41. The summed E-state index contributed by atoms with van der Waals surface area (Å²) >= 11 is 0. The van der Waals surface area contributed by atoms with Gasteiger partial charge in [0.05, 0.1) is 49.2 Å². The lowest BCUT2D eigenvalue weighted by molar-refractivity contribution is -0.140. The van der Waals surface area contributed by atoms with Crippen LogP contribution in [0.25, 0.3) is 10.9 Å². The van der Waals surface area contributed by atoms with Crippen molar-refractivity contribution in [3.05, 3.63) is 52.8 Å². The summed E-state index contributed by atoms with van der Waals surface area (Å²) in [5.74, 6) is 2.46. The van der Waals surface area contributed by atoms with Gasteiger partial charge in [0.15, 0.2) is 0 Å². The zero-order valence-electron chi connectivity index (χ0n) is 23.2. The van der Waals surface area contributed by atoms with E-state index in [4.69, 9.17) is 19.4 Å². The van der Waals surface area contributed by atoms with Crippen molar-refractivity contribution < 1.29 is 14.3 Å². The number of anilines is 2. The van der Waals surface area contributed by atoms with Crippen LogP contribution in [0.2, 0.25) is 0 Å². The van der Waals surface area contributed by atoms with Crippen molar-refractivity contribution in [2.45, 2.75) is 39.7 Å². The summed E-state index contributed by atoms with van der Waals surface area (Å²) in [5.41, 5.74) is 4.48. The van der Waals surface area contributed by atoms with E-state index in [1.807, 2.05) is 43.0 Å². The van der Waals surface area contributed by atoms with Gasteiger partial charge in [-0.05, 0) is 56.9 Å². The molecule has 0 radical (unpaired) electrons. The number of nitrogens with zero attached hydrogens (tertiary/aromatic N) is 5. The van der Waals surface area contributed by atoms with Crippen LogP contribution >= 0.6 is 0 Å². The minimum atomic E-state index is -0.0664. The molecule has 1 atom stereocenters. The standard InChI is InChI=1S/C30H36N6O3/c1-19-23(18-31)6-5-7-24(19)20(2)32-29-25-16-27(28(38-4)17-26(25)33-21(3)34-29)35-10-8-22(9-11-35)30(37)36-12-14-39-15-13-36/h5-7,16-17,20,22H,8-15H2,1-4H3,(H,32,33,34)/t20-/m1/s1. The Bertz CT molecular complexity index is 1400. The number of aryl methyl sites for hydroxylation is 1.